The molecule has 2 aliphatic rings. The van der Waals surface area contributed by atoms with Crippen LogP contribution in [0.4, 0.5) is 0 Å². The molecule has 7 nitrogen and oxygen atoms in total. The molecule has 0 saturated carbocycles. The van der Waals surface area contributed by atoms with Gasteiger partial charge >= 0.3 is 0 Å². The molecule has 2 aliphatic heterocycles. The fraction of sp³-hybridized carbons (Fsp3) is 0.562. The Morgan fingerprint density at radius 3 is 2.38 bits per heavy atom. The third-order valence-electron chi connectivity index (χ3n) is 4.62. The Balaban J connectivity index is 1.90. The number of hydrogen-bond acceptors (Lipinski definition) is 5. The van der Waals surface area contributed by atoms with Crippen molar-refractivity contribution < 1.29 is 18.0 Å². The van der Waals surface area contributed by atoms with Crippen molar-refractivity contribution >= 4 is 21.7 Å². The number of nitrogens with zero attached hydrogens (tertiary/aromatic N) is 3. The van der Waals surface area contributed by atoms with Crippen molar-refractivity contribution in [2.24, 2.45) is 5.92 Å². The van der Waals surface area contributed by atoms with E-state index in [-0.39, 0.29) is 29.2 Å². The molecule has 2 saturated heterocycles. The predicted octanol–water partition coefficient (Wildman–Crippen LogP) is 0.188. The highest BCUT2D eigenvalue weighted by atomic mass is 32.2. The molecule has 0 bridgehead atoms. The van der Waals surface area contributed by atoms with Gasteiger partial charge < -0.3 is 9.80 Å². The molecule has 24 heavy (non-hydrogen) atoms. The van der Waals surface area contributed by atoms with Gasteiger partial charge in [0.2, 0.25) is 5.91 Å². The van der Waals surface area contributed by atoms with Crippen LogP contribution in [0.5, 0.6) is 0 Å². The fourth-order valence-corrected chi connectivity index (χ4v) is 5.45. The van der Waals surface area contributed by atoms with Crippen LogP contribution in [0.1, 0.15) is 24.2 Å². The molecule has 0 aliphatic carbocycles. The molecule has 3 rings (SSSR count). The quantitative estimate of drug-likeness (QED) is 0.759. The van der Waals surface area contributed by atoms with Crippen LogP contribution in [0.15, 0.2) is 24.5 Å². The standard InChI is InChI=1S/C16H21N3O4S/c1-11(2)15(20)18-6-7-19(14-10-24(22,23)9-13(14)18)16(21)12-4-3-5-17-8-12/h3-5,8,11,13-14H,6-7,9-10H2,1-2H3/t13-,14+/m1/s1. The summed E-state index contributed by atoms with van der Waals surface area (Å²) in [6.07, 6.45) is 3.06. The number of rotatable bonds is 2. The molecule has 8 heteroatoms. The number of sulfone groups is 1. The first-order chi connectivity index (χ1) is 11.3. The second-order valence-electron chi connectivity index (χ2n) is 6.64. The van der Waals surface area contributed by atoms with E-state index in [2.05, 4.69) is 4.98 Å². The summed E-state index contributed by atoms with van der Waals surface area (Å²) in [5, 5.41) is 0. The fourth-order valence-electron chi connectivity index (χ4n) is 3.47. The van der Waals surface area contributed by atoms with Gasteiger partial charge in [-0.15, -0.1) is 0 Å². The van der Waals surface area contributed by atoms with Gasteiger partial charge in [-0.3, -0.25) is 14.6 Å². The van der Waals surface area contributed by atoms with Gasteiger partial charge in [0.25, 0.3) is 5.91 Å². The normalized spacial score (nSPS) is 25.6. The molecule has 0 spiro atoms. The zero-order valence-corrected chi connectivity index (χ0v) is 14.6. The summed E-state index contributed by atoms with van der Waals surface area (Å²) in [7, 11) is -3.27. The van der Waals surface area contributed by atoms with Crippen LogP contribution in [0, 0.1) is 5.92 Å². The first-order valence-corrected chi connectivity index (χ1v) is 9.84. The molecule has 2 fully saturated rings. The van der Waals surface area contributed by atoms with Crippen LogP contribution in [0.2, 0.25) is 0 Å². The lowest BCUT2D eigenvalue weighted by Crippen LogP contribution is -2.62. The number of aromatic nitrogens is 1. The molecular formula is C16H21N3O4S. The van der Waals surface area contributed by atoms with Crippen LogP contribution in [0.25, 0.3) is 0 Å². The van der Waals surface area contributed by atoms with Gasteiger partial charge in [0.05, 0.1) is 29.2 Å². The monoisotopic (exact) mass is 351 g/mol. The average Bonchev–Trinajstić information content (AvgIpc) is 2.88. The molecule has 0 unspecified atom stereocenters. The van der Waals surface area contributed by atoms with Crippen LogP contribution < -0.4 is 0 Å². The van der Waals surface area contributed by atoms with E-state index in [1.807, 2.05) is 0 Å². The number of piperazine rings is 1. The van der Waals surface area contributed by atoms with Crippen molar-refractivity contribution in [3.05, 3.63) is 30.1 Å². The van der Waals surface area contributed by atoms with Crippen molar-refractivity contribution in [3.8, 4) is 0 Å². The van der Waals surface area contributed by atoms with Crippen molar-refractivity contribution in [2.45, 2.75) is 25.9 Å². The zero-order chi connectivity index (χ0) is 17.5. The van der Waals surface area contributed by atoms with E-state index in [4.69, 9.17) is 0 Å². The summed E-state index contributed by atoms with van der Waals surface area (Å²) in [4.78, 5) is 32.4. The van der Waals surface area contributed by atoms with Gasteiger partial charge in [0.15, 0.2) is 9.84 Å². The first-order valence-electron chi connectivity index (χ1n) is 8.02. The van der Waals surface area contributed by atoms with E-state index in [1.54, 1.807) is 42.0 Å². The van der Waals surface area contributed by atoms with E-state index < -0.39 is 21.9 Å². The van der Waals surface area contributed by atoms with Gasteiger partial charge in [-0.05, 0) is 12.1 Å². The van der Waals surface area contributed by atoms with Gasteiger partial charge in [-0.25, -0.2) is 8.42 Å². The SMILES string of the molecule is CC(C)C(=O)N1CCN(C(=O)c2cccnc2)[C@H]2CS(=O)(=O)C[C@H]21. The highest BCUT2D eigenvalue weighted by Crippen LogP contribution is 2.29. The number of carbonyl (C=O) groups is 2. The van der Waals surface area contributed by atoms with Gasteiger partial charge in [0, 0.05) is 31.4 Å². The van der Waals surface area contributed by atoms with E-state index in [1.165, 1.54) is 6.20 Å². The Morgan fingerprint density at radius 1 is 1.17 bits per heavy atom. The lowest BCUT2D eigenvalue weighted by Gasteiger charge is -2.44. The molecule has 1 aromatic heterocycles. The third-order valence-corrected chi connectivity index (χ3v) is 6.32. The maximum absolute atomic E-state index is 12.8. The lowest BCUT2D eigenvalue weighted by atomic mass is 10.0. The maximum atomic E-state index is 12.8. The number of pyridine rings is 1. The maximum Gasteiger partial charge on any atom is 0.255 e. The number of hydrogen-bond donors (Lipinski definition) is 0. The molecule has 0 radical (unpaired) electrons. The van der Waals surface area contributed by atoms with Crippen molar-refractivity contribution in [2.75, 3.05) is 24.6 Å². The van der Waals surface area contributed by atoms with E-state index in [9.17, 15) is 18.0 Å². The van der Waals surface area contributed by atoms with Crippen LogP contribution >= 0.6 is 0 Å². The first kappa shape index (κ1) is 16.9. The minimum Gasteiger partial charge on any atom is -0.335 e. The van der Waals surface area contributed by atoms with E-state index >= 15 is 0 Å². The molecule has 2 atom stereocenters. The zero-order valence-electron chi connectivity index (χ0n) is 13.8. The van der Waals surface area contributed by atoms with Crippen molar-refractivity contribution in [3.63, 3.8) is 0 Å². The minimum absolute atomic E-state index is 0.0597. The summed E-state index contributed by atoms with van der Waals surface area (Å²) in [5.41, 5.74) is 0.434. The second kappa shape index (κ2) is 6.16. The molecule has 1 aromatic rings. The topological polar surface area (TPSA) is 87.7 Å². The average molecular weight is 351 g/mol. The molecule has 0 N–H and O–H groups in total. The Hall–Kier alpha value is -1.96. The second-order valence-corrected chi connectivity index (χ2v) is 8.79. The number of fused-ring (bicyclic) bond motifs is 1. The van der Waals surface area contributed by atoms with Crippen molar-refractivity contribution in [1.29, 1.82) is 0 Å². The minimum atomic E-state index is -3.27. The Labute approximate surface area is 141 Å². The van der Waals surface area contributed by atoms with Crippen LogP contribution in [0.3, 0.4) is 0 Å². The molecule has 3 heterocycles. The Bertz CT molecular complexity index is 748. The Morgan fingerprint density at radius 2 is 1.79 bits per heavy atom. The summed E-state index contributed by atoms with van der Waals surface area (Å²) in [6, 6.07) is 2.40. The van der Waals surface area contributed by atoms with E-state index in [0.717, 1.165) is 0 Å². The number of carbonyl (C=O) groups excluding carboxylic acids is 2. The molecule has 130 valence electrons. The predicted molar refractivity (Wildman–Crippen MR) is 88.1 cm³/mol. The van der Waals surface area contributed by atoms with Gasteiger partial charge in [-0.2, -0.15) is 0 Å². The molecular weight excluding hydrogens is 330 g/mol. The summed E-state index contributed by atoms with van der Waals surface area (Å²) in [5.74, 6) is -0.657. The highest BCUT2D eigenvalue weighted by molar-refractivity contribution is 7.91. The largest absolute Gasteiger partial charge is 0.335 e. The highest BCUT2D eigenvalue weighted by Gasteiger charge is 2.49. The Kier molecular flexibility index (Phi) is 4.33. The van der Waals surface area contributed by atoms with Gasteiger partial charge in [0.1, 0.15) is 0 Å². The number of amides is 2. The van der Waals surface area contributed by atoms with Crippen LogP contribution in [-0.4, -0.2) is 71.7 Å². The smallest absolute Gasteiger partial charge is 0.255 e. The molecule has 2 amide bonds. The summed E-state index contributed by atoms with van der Waals surface area (Å²) < 4.78 is 24.3. The van der Waals surface area contributed by atoms with Crippen molar-refractivity contribution in [1.82, 2.24) is 14.8 Å². The van der Waals surface area contributed by atoms with Gasteiger partial charge in [-0.1, -0.05) is 13.8 Å². The van der Waals surface area contributed by atoms with Crippen LogP contribution in [-0.2, 0) is 14.6 Å². The summed E-state index contributed by atoms with van der Waals surface area (Å²) >= 11 is 0. The third kappa shape index (κ3) is 3.02. The van der Waals surface area contributed by atoms with E-state index in [0.29, 0.717) is 18.7 Å². The lowest BCUT2D eigenvalue weighted by molar-refractivity contribution is -0.139. The summed E-state index contributed by atoms with van der Waals surface area (Å²) in [6.45, 7) is 4.30. The molecule has 0 aromatic carbocycles.